The molecule has 1 saturated heterocycles. The number of aliphatic hydroxyl groups is 1. The second kappa shape index (κ2) is 4.45. The molecule has 0 radical (unpaired) electrons. The molecule has 0 unspecified atom stereocenters. The molecule has 0 spiro atoms. The third-order valence-corrected chi connectivity index (χ3v) is 3.34. The molecule has 0 saturated carbocycles. The first kappa shape index (κ1) is 12.3. The third kappa shape index (κ3) is 2.40. The highest BCUT2D eigenvalue weighted by Crippen LogP contribution is 2.25. The van der Waals surface area contributed by atoms with Crippen LogP contribution in [0.5, 0.6) is 0 Å². The van der Waals surface area contributed by atoms with Gasteiger partial charge in [-0.2, -0.15) is 0 Å². The second-order valence-corrected chi connectivity index (χ2v) is 5.75. The van der Waals surface area contributed by atoms with Crippen molar-refractivity contribution in [3.8, 4) is 0 Å². The van der Waals surface area contributed by atoms with Crippen molar-refractivity contribution < 1.29 is 5.11 Å². The highest BCUT2D eigenvalue weighted by atomic mass is 16.3. The molecule has 1 N–H and O–H groups in total. The molecular weight excluding hydrogens is 242 g/mol. The maximum atomic E-state index is 9.93. The van der Waals surface area contributed by atoms with Crippen molar-refractivity contribution >= 4 is 17.0 Å². The molecule has 6 heteroatoms. The summed E-state index contributed by atoms with van der Waals surface area (Å²) in [4.78, 5) is 15.4. The smallest absolute Gasteiger partial charge is 0.165 e. The molecule has 19 heavy (non-hydrogen) atoms. The summed E-state index contributed by atoms with van der Waals surface area (Å²) in [5.41, 5.74) is 0.833. The van der Waals surface area contributed by atoms with Crippen LogP contribution in [0.15, 0.2) is 12.7 Å². The lowest BCUT2D eigenvalue weighted by molar-refractivity contribution is 0.0625. The van der Waals surface area contributed by atoms with E-state index < -0.39 is 5.60 Å². The van der Waals surface area contributed by atoms with Crippen molar-refractivity contribution in [3.63, 3.8) is 0 Å². The molecule has 3 heterocycles. The van der Waals surface area contributed by atoms with Crippen LogP contribution in [0.4, 0.5) is 5.82 Å². The molecule has 102 valence electrons. The zero-order valence-electron chi connectivity index (χ0n) is 11.4. The van der Waals surface area contributed by atoms with Crippen LogP contribution >= 0.6 is 0 Å². The summed E-state index contributed by atoms with van der Waals surface area (Å²) in [6.45, 7) is 6.09. The maximum absolute atomic E-state index is 9.93. The Balaban J connectivity index is 2.02. The first-order chi connectivity index (χ1) is 9.04. The Morgan fingerprint density at radius 1 is 1.21 bits per heavy atom. The van der Waals surface area contributed by atoms with Crippen LogP contribution in [0.3, 0.4) is 0 Å². The van der Waals surface area contributed by atoms with E-state index >= 15 is 0 Å². The van der Waals surface area contributed by atoms with Crippen molar-refractivity contribution in [2.45, 2.75) is 38.8 Å². The monoisotopic (exact) mass is 261 g/mol. The minimum atomic E-state index is -0.785. The van der Waals surface area contributed by atoms with Gasteiger partial charge >= 0.3 is 0 Å². The predicted molar refractivity (Wildman–Crippen MR) is 73.1 cm³/mol. The van der Waals surface area contributed by atoms with E-state index in [4.69, 9.17) is 0 Å². The Morgan fingerprint density at radius 3 is 2.63 bits per heavy atom. The van der Waals surface area contributed by atoms with E-state index in [9.17, 15) is 5.11 Å². The largest absolute Gasteiger partial charge is 0.389 e. The van der Waals surface area contributed by atoms with E-state index in [0.29, 0.717) is 6.54 Å². The van der Waals surface area contributed by atoms with Crippen LogP contribution in [0, 0.1) is 0 Å². The van der Waals surface area contributed by atoms with Gasteiger partial charge in [-0.05, 0) is 26.7 Å². The molecule has 0 amide bonds. The fourth-order valence-electron chi connectivity index (χ4n) is 2.56. The number of anilines is 1. The third-order valence-electron chi connectivity index (χ3n) is 3.34. The number of fused-ring (bicyclic) bond motifs is 1. The summed E-state index contributed by atoms with van der Waals surface area (Å²) < 4.78 is 1.89. The lowest BCUT2D eigenvalue weighted by atomic mass is 10.1. The Labute approximate surface area is 112 Å². The highest BCUT2D eigenvalue weighted by molar-refractivity contribution is 5.83. The van der Waals surface area contributed by atoms with Crippen LogP contribution < -0.4 is 4.90 Å². The van der Waals surface area contributed by atoms with Gasteiger partial charge in [-0.25, -0.2) is 15.0 Å². The van der Waals surface area contributed by atoms with Gasteiger partial charge in [0.25, 0.3) is 0 Å². The molecule has 1 aliphatic heterocycles. The molecule has 3 rings (SSSR count). The number of aromatic nitrogens is 4. The van der Waals surface area contributed by atoms with Crippen molar-refractivity contribution in [2.24, 2.45) is 0 Å². The molecule has 0 aliphatic carbocycles. The summed E-state index contributed by atoms with van der Waals surface area (Å²) in [7, 11) is 0. The van der Waals surface area contributed by atoms with E-state index in [1.165, 1.54) is 12.8 Å². The standard InChI is InChI=1S/C13H19N5O/c1-13(2,19)7-18-9-16-10-11(14-8-15-12(10)18)17-5-3-4-6-17/h8-9,19H,3-7H2,1-2H3. The van der Waals surface area contributed by atoms with Crippen LogP contribution in [0.25, 0.3) is 11.2 Å². The molecule has 1 fully saturated rings. The lowest BCUT2D eigenvalue weighted by Crippen LogP contribution is -2.26. The SMILES string of the molecule is CC(C)(O)Cn1cnc2c(N3CCCC3)ncnc21. The number of hydrogen-bond acceptors (Lipinski definition) is 5. The van der Waals surface area contributed by atoms with Gasteiger partial charge in [0, 0.05) is 13.1 Å². The van der Waals surface area contributed by atoms with Crippen molar-refractivity contribution in [2.75, 3.05) is 18.0 Å². The Kier molecular flexibility index (Phi) is 2.89. The van der Waals surface area contributed by atoms with Crippen LogP contribution in [-0.2, 0) is 6.54 Å². The van der Waals surface area contributed by atoms with Crippen molar-refractivity contribution in [3.05, 3.63) is 12.7 Å². The van der Waals surface area contributed by atoms with Crippen LogP contribution in [-0.4, -0.2) is 43.3 Å². The van der Waals surface area contributed by atoms with Crippen molar-refractivity contribution in [1.29, 1.82) is 0 Å². The molecule has 0 aromatic carbocycles. The zero-order valence-corrected chi connectivity index (χ0v) is 11.4. The summed E-state index contributed by atoms with van der Waals surface area (Å²) in [6, 6.07) is 0. The van der Waals surface area contributed by atoms with Crippen molar-refractivity contribution in [1.82, 2.24) is 19.5 Å². The van der Waals surface area contributed by atoms with E-state index in [1.807, 2.05) is 4.57 Å². The molecule has 0 bridgehead atoms. The number of hydrogen-bond donors (Lipinski definition) is 1. The average molecular weight is 261 g/mol. The maximum Gasteiger partial charge on any atom is 0.165 e. The highest BCUT2D eigenvalue weighted by Gasteiger charge is 2.21. The van der Waals surface area contributed by atoms with E-state index in [-0.39, 0.29) is 0 Å². The van der Waals surface area contributed by atoms with E-state index in [2.05, 4.69) is 19.9 Å². The van der Waals surface area contributed by atoms with E-state index in [1.54, 1.807) is 26.5 Å². The molecule has 1 aliphatic rings. The minimum absolute atomic E-state index is 0.472. The molecule has 2 aromatic rings. The first-order valence-electron chi connectivity index (χ1n) is 6.68. The zero-order chi connectivity index (χ0) is 13.5. The molecular formula is C13H19N5O. The fraction of sp³-hybridized carbons (Fsp3) is 0.615. The van der Waals surface area contributed by atoms with Gasteiger partial charge < -0.3 is 14.6 Å². The van der Waals surface area contributed by atoms with Gasteiger partial charge in [-0.1, -0.05) is 0 Å². The predicted octanol–water partition coefficient (Wildman–Crippen LogP) is 1.20. The lowest BCUT2D eigenvalue weighted by Gasteiger charge is -2.18. The summed E-state index contributed by atoms with van der Waals surface area (Å²) in [6.07, 6.45) is 5.72. The number of rotatable bonds is 3. The van der Waals surface area contributed by atoms with Gasteiger partial charge in [0.15, 0.2) is 17.0 Å². The Bertz CT molecular complexity index is 580. The Hall–Kier alpha value is -1.69. The fourth-order valence-corrected chi connectivity index (χ4v) is 2.56. The minimum Gasteiger partial charge on any atom is -0.389 e. The topological polar surface area (TPSA) is 67.1 Å². The first-order valence-corrected chi connectivity index (χ1v) is 6.68. The van der Waals surface area contributed by atoms with Gasteiger partial charge in [-0.15, -0.1) is 0 Å². The average Bonchev–Trinajstić information content (AvgIpc) is 2.97. The van der Waals surface area contributed by atoms with Crippen LogP contribution in [0.1, 0.15) is 26.7 Å². The number of nitrogens with zero attached hydrogens (tertiary/aromatic N) is 5. The van der Waals surface area contributed by atoms with Gasteiger partial charge in [0.2, 0.25) is 0 Å². The van der Waals surface area contributed by atoms with Gasteiger partial charge in [-0.3, -0.25) is 0 Å². The summed E-state index contributed by atoms with van der Waals surface area (Å²) in [5.74, 6) is 0.914. The molecule has 6 nitrogen and oxygen atoms in total. The van der Waals surface area contributed by atoms with Gasteiger partial charge in [0.05, 0.1) is 18.5 Å². The van der Waals surface area contributed by atoms with Gasteiger partial charge in [0.1, 0.15) is 6.33 Å². The van der Waals surface area contributed by atoms with Crippen LogP contribution in [0.2, 0.25) is 0 Å². The van der Waals surface area contributed by atoms with E-state index in [0.717, 1.165) is 30.1 Å². The Morgan fingerprint density at radius 2 is 1.95 bits per heavy atom. The normalized spacial score (nSPS) is 16.5. The second-order valence-electron chi connectivity index (χ2n) is 5.75. The molecule has 2 aromatic heterocycles. The quantitative estimate of drug-likeness (QED) is 0.899. The summed E-state index contributed by atoms with van der Waals surface area (Å²) >= 11 is 0. The number of imidazole rings is 1. The molecule has 0 atom stereocenters. The summed E-state index contributed by atoms with van der Waals surface area (Å²) in [5, 5.41) is 9.93.